The first-order chi connectivity index (χ1) is 11.3. The number of carbonyl (C=O) groups excluding carboxylic acids is 1. The van der Waals surface area contributed by atoms with Crippen molar-refractivity contribution in [2.24, 2.45) is 5.92 Å². The first-order valence-electron chi connectivity index (χ1n) is 8.40. The number of aromatic nitrogens is 2. The van der Waals surface area contributed by atoms with Crippen LogP contribution in [0.15, 0.2) is 12.4 Å². The van der Waals surface area contributed by atoms with Gasteiger partial charge >= 0.3 is 0 Å². The lowest BCUT2D eigenvalue weighted by atomic mass is 10.3. The van der Waals surface area contributed by atoms with Crippen molar-refractivity contribution in [3.05, 3.63) is 12.4 Å². The summed E-state index contributed by atoms with van der Waals surface area (Å²) in [5.41, 5.74) is 0. The van der Waals surface area contributed by atoms with Gasteiger partial charge in [0.1, 0.15) is 6.10 Å². The number of hydrogen-bond donors (Lipinski definition) is 0. The summed E-state index contributed by atoms with van der Waals surface area (Å²) in [4.78, 5) is 25.0. The summed E-state index contributed by atoms with van der Waals surface area (Å²) in [6.45, 7) is 4.44. The first-order valence-corrected chi connectivity index (χ1v) is 8.40. The molecule has 2 saturated heterocycles. The molecular weight excluding hydrogens is 296 g/mol. The highest BCUT2D eigenvalue weighted by atomic mass is 16.5. The molecule has 7 nitrogen and oxygen atoms in total. The average molecular weight is 318 g/mol. The topological polar surface area (TPSA) is 67.8 Å². The van der Waals surface area contributed by atoms with Crippen LogP contribution < -0.4 is 9.64 Å². The molecule has 23 heavy (non-hydrogen) atoms. The van der Waals surface area contributed by atoms with Crippen LogP contribution in [0.3, 0.4) is 0 Å². The molecule has 7 heteroatoms. The molecule has 0 aromatic carbocycles. The SMILES string of the molecule is O=C(C1CC1)N1CCC(Oc2nccnc2N2CCOCC2)C1. The standard InChI is InChI=1S/C16H22N4O3/c21-16(12-1-2-12)20-6-3-13(11-20)23-15-14(17-4-5-18-15)19-7-9-22-10-8-19/h4-5,12-13H,1-3,6-11H2. The van der Waals surface area contributed by atoms with Crippen LogP contribution in [0.1, 0.15) is 19.3 Å². The monoisotopic (exact) mass is 318 g/mol. The van der Waals surface area contributed by atoms with Crippen molar-refractivity contribution in [3.63, 3.8) is 0 Å². The van der Waals surface area contributed by atoms with Crippen molar-refractivity contribution in [2.75, 3.05) is 44.3 Å². The van der Waals surface area contributed by atoms with Crippen molar-refractivity contribution in [3.8, 4) is 5.88 Å². The maximum atomic E-state index is 12.1. The lowest BCUT2D eigenvalue weighted by Gasteiger charge is -2.29. The number of rotatable bonds is 4. The summed E-state index contributed by atoms with van der Waals surface area (Å²) in [7, 11) is 0. The zero-order chi connectivity index (χ0) is 15.6. The van der Waals surface area contributed by atoms with Gasteiger partial charge in [0.25, 0.3) is 5.88 Å². The quantitative estimate of drug-likeness (QED) is 0.814. The van der Waals surface area contributed by atoms with Gasteiger partial charge in [-0.3, -0.25) is 4.79 Å². The molecule has 2 aliphatic heterocycles. The fraction of sp³-hybridized carbons (Fsp3) is 0.688. The number of likely N-dealkylation sites (tertiary alicyclic amines) is 1. The third kappa shape index (κ3) is 3.24. The molecule has 1 aromatic rings. The van der Waals surface area contributed by atoms with Gasteiger partial charge in [0, 0.05) is 44.4 Å². The first kappa shape index (κ1) is 14.7. The van der Waals surface area contributed by atoms with Gasteiger partial charge < -0.3 is 19.3 Å². The Labute approximate surface area is 135 Å². The Morgan fingerprint density at radius 2 is 1.91 bits per heavy atom. The largest absolute Gasteiger partial charge is 0.470 e. The Kier molecular flexibility index (Phi) is 4.03. The van der Waals surface area contributed by atoms with E-state index in [9.17, 15) is 4.79 Å². The lowest BCUT2D eigenvalue weighted by molar-refractivity contribution is -0.131. The molecule has 3 aliphatic rings. The highest BCUT2D eigenvalue weighted by molar-refractivity contribution is 5.81. The number of carbonyl (C=O) groups is 1. The van der Waals surface area contributed by atoms with Gasteiger partial charge in [-0.25, -0.2) is 9.97 Å². The van der Waals surface area contributed by atoms with E-state index in [0.717, 1.165) is 44.7 Å². The highest BCUT2D eigenvalue weighted by Gasteiger charge is 2.37. The molecule has 0 radical (unpaired) electrons. The van der Waals surface area contributed by atoms with Crippen LogP contribution in [0.4, 0.5) is 5.82 Å². The Bertz CT molecular complexity index is 572. The zero-order valence-electron chi connectivity index (χ0n) is 13.2. The number of morpholine rings is 1. The molecule has 1 saturated carbocycles. The molecule has 1 unspecified atom stereocenters. The Hall–Kier alpha value is -1.89. The Morgan fingerprint density at radius 3 is 2.70 bits per heavy atom. The normalized spacial score (nSPS) is 24.8. The van der Waals surface area contributed by atoms with E-state index in [0.29, 0.717) is 31.5 Å². The minimum atomic E-state index is 0.00851. The minimum absolute atomic E-state index is 0.00851. The van der Waals surface area contributed by atoms with Crippen molar-refractivity contribution in [1.29, 1.82) is 0 Å². The molecule has 0 N–H and O–H groups in total. The van der Waals surface area contributed by atoms with Gasteiger partial charge in [0.2, 0.25) is 5.91 Å². The minimum Gasteiger partial charge on any atom is -0.470 e. The van der Waals surface area contributed by atoms with E-state index in [1.54, 1.807) is 12.4 Å². The lowest BCUT2D eigenvalue weighted by Crippen LogP contribution is -2.37. The maximum absolute atomic E-state index is 12.1. The van der Waals surface area contributed by atoms with Crippen LogP contribution >= 0.6 is 0 Å². The zero-order valence-corrected chi connectivity index (χ0v) is 13.2. The summed E-state index contributed by atoms with van der Waals surface area (Å²) in [5, 5.41) is 0. The molecule has 1 aliphatic carbocycles. The van der Waals surface area contributed by atoms with Gasteiger partial charge in [-0.2, -0.15) is 0 Å². The number of ether oxygens (including phenoxy) is 2. The summed E-state index contributed by atoms with van der Waals surface area (Å²) in [5.74, 6) is 1.92. The fourth-order valence-corrected chi connectivity index (χ4v) is 3.16. The van der Waals surface area contributed by atoms with E-state index in [1.165, 1.54) is 0 Å². The fourth-order valence-electron chi connectivity index (χ4n) is 3.16. The van der Waals surface area contributed by atoms with Crippen LogP contribution in [0.25, 0.3) is 0 Å². The second-order valence-corrected chi connectivity index (χ2v) is 6.37. The molecule has 0 spiro atoms. The molecular formula is C16H22N4O3. The molecule has 1 amide bonds. The number of nitrogens with zero attached hydrogens (tertiary/aromatic N) is 4. The van der Waals surface area contributed by atoms with Gasteiger partial charge in [-0.05, 0) is 12.8 Å². The predicted octanol–water partition coefficient (Wildman–Crippen LogP) is 0.703. The van der Waals surface area contributed by atoms with Crippen molar-refractivity contribution in [2.45, 2.75) is 25.4 Å². The summed E-state index contributed by atoms with van der Waals surface area (Å²) in [6.07, 6.45) is 6.31. The summed E-state index contributed by atoms with van der Waals surface area (Å²) < 4.78 is 11.5. The molecule has 1 atom stereocenters. The van der Waals surface area contributed by atoms with Crippen LogP contribution in [-0.2, 0) is 9.53 Å². The summed E-state index contributed by atoms with van der Waals surface area (Å²) >= 11 is 0. The van der Waals surface area contributed by atoms with E-state index in [4.69, 9.17) is 9.47 Å². The van der Waals surface area contributed by atoms with Gasteiger partial charge in [0.05, 0.1) is 19.8 Å². The van der Waals surface area contributed by atoms with Crippen molar-refractivity contribution < 1.29 is 14.3 Å². The number of amides is 1. The third-order valence-electron chi connectivity index (χ3n) is 4.62. The molecule has 3 heterocycles. The predicted molar refractivity (Wildman–Crippen MR) is 83.4 cm³/mol. The highest BCUT2D eigenvalue weighted by Crippen LogP contribution is 2.33. The molecule has 3 fully saturated rings. The Balaban J connectivity index is 1.41. The van der Waals surface area contributed by atoms with E-state index in [1.807, 2.05) is 4.90 Å². The van der Waals surface area contributed by atoms with Gasteiger partial charge in [-0.15, -0.1) is 0 Å². The van der Waals surface area contributed by atoms with E-state index in [-0.39, 0.29) is 12.0 Å². The van der Waals surface area contributed by atoms with E-state index in [2.05, 4.69) is 14.9 Å². The van der Waals surface area contributed by atoms with Crippen LogP contribution in [0, 0.1) is 5.92 Å². The number of anilines is 1. The smallest absolute Gasteiger partial charge is 0.257 e. The molecule has 4 rings (SSSR count). The molecule has 124 valence electrons. The van der Waals surface area contributed by atoms with Crippen LogP contribution in [0.2, 0.25) is 0 Å². The van der Waals surface area contributed by atoms with E-state index >= 15 is 0 Å². The average Bonchev–Trinajstić information content (AvgIpc) is 3.35. The second-order valence-electron chi connectivity index (χ2n) is 6.37. The second kappa shape index (κ2) is 6.31. The third-order valence-corrected chi connectivity index (χ3v) is 4.62. The van der Waals surface area contributed by atoms with Gasteiger partial charge in [-0.1, -0.05) is 0 Å². The Morgan fingerprint density at radius 1 is 1.13 bits per heavy atom. The van der Waals surface area contributed by atoms with Crippen LogP contribution in [0.5, 0.6) is 5.88 Å². The number of hydrogen-bond acceptors (Lipinski definition) is 6. The molecule has 0 bridgehead atoms. The van der Waals surface area contributed by atoms with Gasteiger partial charge in [0.15, 0.2) is 5.82 Å². The maximum Gasteiger partial charge on any atom is 0.257 e. The van der Waals surface area contributed by atoms with Crippen LogP contribution in [-0.4, -0.2) is 66.3 Å². The van der Waals surface area contributed by atoms with Crippen molar-refractivity contribution >= 4 is 11.7 Å². The molecule has 1 aromatic heterocycles. The van der Waals surface area contributed by atoms with Crippen molar-refractivity contribution in [1.82, 2.24) is 14.9 Å². The summed E-state index contributed by atoms with van der Waals surface area (Å²) in [6, 6.07) is 0. The van der Waals surface area contributed by atoms with E-state index < -0.39 is 0 Å².